The standard InChI is InChI=1S/C19H20O3/c20-14-9-10-16(19(22)12-14)15-7-4-8-18(21)17(15)11-13-5-2-1-3-6-13/h1-3,5-6,9-10,12,15,17,20,22H,4,7-8,11H2. The number of hydrogen-bond donors (Lipinski definition) is 2. The quantitative estimate of drug-likeness (QED) is 0.906. The highest BCUT2D eigenvalue weighted by atomic mass is 16.3. The van der Waals surface area contributed by atoms with E-state index in [0.29, 0.717) is 12.8 Å². The number of hydrogen-bond acceptors (Lipinski definition) is 3. The molecule has 22 heavy (non-hydrogen) atoms. The van der Waals surface area contributed by atoms with E-state index in [-0.39, 0.29) is 29.1 Å². The second-order valence-corrected chi connectivity index (χ2v) is 6.00. The van der Waals surface area contributed by atoms with Crippen LogP contribution in [0.25, 0.3) is 0 Å². The lowest BCUT2D eigenvalue weighted by Gasteiger charge is -2.31. The Morgan fingerprint density at radius 2 is 1.82 bits per heavy atom. The van der Waals surface area contributed by atoms with Crippen LogP contribution in [-0.4, -0.2) is 16.0 Å². The Labute approximate surface area is 130 Å². The first-order valence-electron chi connectivity index (χ1n) is 7.73. The van der Waals surface area contributed by atoms with E-state index in [4.69, 9.17) is 0 Å². The van der Waals surface area contributed by atoms with Gasteiger partial charge in [0, 0.05) is 18.4 Å². The molecule has 2 unspecified atom stereocenters. The van der Waals surface area contributed by atoms with E-state index in [1.54, 1.807) is 12.1 Å². The molecule has 0 aromatic heterocycles. The summed E-state index contributed by atoms with van der Waals surface area (Å²) in [6.45, 7) is 0. The summed E-state index contributed by atoms with van der Waals surface area (Å²) >= 11 is 0. The van der Waals surface area contributed by atoms with Gasteiger partial charge in [0.1, 0.15) is 17.3 Å². The van der Waals surface area contributed by atoms with Crippen LogP contribution >= 0.6 is 0 Å². The van der Waals surface area contributed by atoms with Crippen LogP contribution in [0.2, 0.25) is 0 Å². The van der Waals surface area contributed by atoms with Gasteiger partial charge in [0.05, 0.1) is 0 Å². The van der Waals surface area contributed by atoms with Crippen LogP contribution in [0.5, 0.6) is 11.5 Å². The summed E-state index contributed by atoms with van der Waals surface area (Å²) in [5.41, 5.74) is 1.91. The summed E-state index contributed by atoms with van der Waals surface area (Å²) in [5.74, 6) is 0.307. The van der Waals surface area contributed by atoms with Gasteiger partial charge < -0.3 is 10.2 Å². The molecule has 2 aromatic carbocycles. The molecule has 2 N–H and O–H groups in total. The molecule has 3 nitrogen and oxygen atoms in total. The zero-order valence-corrected chi connectivity index (χ0v) is 12.4. The second-order valence-electron chi connectivity index (χ2n) is 6.00. The van der Waals surface area contributed by atoms with Crippen molar-refractivity contribution in [1.82, 2.24) is 0 Å². The van der Waals surface area contributed by atoms with E-state index in [9.17, 15) is 15.0 Å². The number of carbonyl (C=O) groups is 1. The molecule has 3 heteroatoms. The largest absolute Gasteiger partial charge is 0.508 e. The molecular weight excluding hydrogens is 276 g/mol. The fourth-order valence-electron chi connectivity index (χ4n) is 3.45. The summed E-state index contributed by atoms with van der Waals surface area (Å²) < 4.78 is 0. The number of aromatic hydroxyl groups is 2. The van der Waals surface area contributed by atoms with Gasteiger partial charge in [0.2, 0.25) is 0 Å². The van der Waals surface area contributed by atoms with Gasteiger partial charge in [-0.05, 0) is 42.4 Å². The molecule has 0 saturated heterocycles. The van der Waals surface area contributed by atoms with Crippen molar-refractivity contribution in [3.05, 3.63) is 59.7 Å². The first-order chi connectivity index (χ1) is 10.6. The minimum Gasteiger partial charge on any atom is -0.508 e. The highest BCUT2D eigenvalue weighted by Crippen LogP contribution is 2.41. The SMILES string of the molecule is O=C1CCCC(c2ccc(O)cc2O)C1Cc1ccccc1. The van der Waals surface area contributed by atoms with Gasteiger partial charge in [0.25, 0.3) is 0 Å². The fourth-order valence-corrected chi connectivity index (χ4v) is 3.45. The minimum absolute atomic E-state index is 0.0158. The zero-order chi connectivity index (χ0) is 15.5. The first kappa shape index (κ1) is 14.6. The summed E-state index contributed by atoms with van der Waals surface area (Å²) in [6, 6.07) is 14.7. The third-order valence-corrected chi connectivity index (χ3v) is 4.55. The summed E-state index contributed by atoms with van der Waals surface area (Å²) in [4.78, 5) is 12.4. The van der Waals surface area contributed by atoms with E-state index in [1.807, 2.05) is 30.3 Å². The van der Waals surface area contributed by atoms with Crippen LogP contribution in [0.1, 0.15) is 36.3 Å². The van der Waals surface area contributed by atoms with E-state index in [0.717, 1.165) is 24.0 Å². The van der Waals surface area contributed by atoms with Crippen LogP contribution in [0, 0.1) is 5.92 Å². The van der Waals surface area contributed by atoms with Gasteiger partial charge >= 0.3 is 0 Å². The monoisotopic (exact) mass is 296 g/mol. The van der Waals surface area contributed by atoms with E-state index < -0.39 is 0 Å². The zero-order valence-electron chi connectivity index (χ0n) is 12.4. The predicted molar refractivity (Wildman–Crippen MR) is 85.0 cm³/mol. The van der Waals surface area contributed by atoms with Crippen LogP contribution in [0.4, 0.5) is 0 Å². The average Bonchev–Trinajstić information content (AvgIpc) is 2.51. The van der Waals surface area contributed by atoms with Crippen molar-refractivity contribution in [2.75, 3.05) is 0 Å². The number of ketones is 1. The van der Waals surface area contributed by atoms with Gasteiger partial charge in [-0.25, -0.2) is 0 Å². The number of benzene rings is 2. The van der Waals surface area contributed by atoms with Gasteiger partial charge in [-0.3, -0.25) is 4.79 Å². The predicted octanol–water partition coefficient (Wildman–Crippen LogP) is 3.79. The molecule has 0 radical (unpaired) electrons. The molecular formula is C19H20O3. The average molecular weight is 296 g/mol. The van der Waals surface area contributed by atoms with Crippen LogP contribution < -0.4 is 0 Å². The number of phenols is 2. The van der Waals surface area contributed by atoms with Crippen LogP contribution in [0.3, 0.4) is 0 Å². The van der Waals surface area contributed by atoms with Crippen molar-refractivity contribution in [2.24, 2.45) is 5.92 Å². The number of rotatable bonds is 3. The van der Waals surface area contributed by atoms with Gasteiger partial charge in [-0.15, -0.1) is 0 Å². The third-order valence-electron chi connectivity index (χ3n) is 4.55. The van der Waals surface area contributed by atoms with Crippen molar-refractivity contribution in [3.8, 4) is 11.5 Å². The lowest BCUT2D eigenvalue weighted by Crippen LogP contribution is -2.29. The molecule has 1 fully saturated rings. The van der Waals surface area contributed by atoms with Crippen LogP contribution in [-0.2, 0) is 11.2 Å². The summed E-state index contributed by atoms with van der Waals surface area (Å²) in [5, 5.41) is 19.6. The Morgan fingerprint density at radius 3 is 2.55 bits per heavy atom. The maximum absolute atomic E-state index is 12.4. The molecule has 1 saturated carbocycles. The Hall–Kier alpha value is -2.29. The summed E-state index contributed by atoms with van der Waals surface area (Å²) in [7, 11) is 0. The van der Waals surface area contributed by atoms with Crippen LogP contribution in [0.15, 0.2) is 48.5 Å². The second kappa shape index (κ2) is 6.22. The fraction of sp³-hybridized carbons (Fsp3) is 0.316. The van der Waals surface area contributed by atoms with Crippen molar-refractivity contribution in [3.63, 3.8) is 0 Å². The maximum Gasteiger partial charge on any atom is 0.136 e. The molecule has 1 aliphatic rings. The van der Waals surface area contributed by atoms with Crippen molar-refractivity contribution in [1.29, 1.82) is 0 Å². The molecule has 3 rings (SSSR count). The number of carbonyl (C=O) groups excluding carboxylic acids is 1. The molecule has 0 heterocycles. The highest BCUT2D eigenvalue weighted by molar-refractivity contribution is 5.83. The van der Waals surface area contributed by atoms with E-state index in [2.05, 4.69) is 0 Å². The molecule has 0 aliphatic heterocycles. The summed E-state index contributed by atoms with van der Waals surface area (Å²) in [6.07, 6.45) is 3.06. The maximum atomic E-state index is 12.4. The van der Waals surface area contributed by atoms with Crippen molar-refractivity contribution < 1.29 is 15.0 Å². The third kappa shape index (κ3) is 2.98. The Morgan fingerprint density at radius 1 is 1.05 bits per heavy atom. The van der Waals surface area contributed by atoms with Gasteiger partial charge in [0.15, 0.2) is 0 Å². The van der Waals surface area contributed by atoms with Crippen molar-refractivity contribution >= 4 is 5.78 Å². The van der Waals surface area contributed by atoms with Crippen molar-refractivity contribution in [2.45, 2.75) is 31.6 Å². The Balaban J connectivity index is 1.91. The van der Waals surface area contributed by atoms with E-state index in [1.165, 1.54) is 6.07 Å². The molecule has 0 amide bonds. The lowest BCUT2D eigenvalue weighted by atomic mass is 9.72. The van der Waals surface area contributed by atoms with Gasteiger partial charge in [-0.1, -0.05) is 36.4 Å². The van der Waals surface area contributed by atoms with Gasteiger partial charge in [-0.2, -0.15) is 0 Å². The molecule has 0 bridgehead atoms. The molecule has 1 aliphatic carbocycles. The topological polar surface area (TPSA) is 57.5 Å². The first-order valence-corrected chi connectivity index (χ1v) is 7.73. The molecule has 114 valence electrons. The molecule has 2 atom stereocenters. The Bertz CT molecular complexity index is 664. The molecule has 0 spiro atoms. The smallest absolute Gasteiger partial charge is 0.136 e. The minimum atomic E-state index is -0.105. The Kier molecular flexibility index (Phi) is 4.14. The normalized spacial score (nSPS) is 21.7. The highest BCUT2D eigenvalue weighted by Gasteiger charge is 2.34. The molecule has 2 aromatic rings. The van der Waals surface area contributed by atoms with E-state index >= 15 is 0 Å². The lowest BCUT2D eigenvalue weighted by molar-refractivity contribution is -0.125. The number of phenolic OH excluding ortho intramolecular Hbond substituents is 2. The number of Topliss-reactive ketones (excluding diaryl/α,β-unsaturated/α-hetero) is 1.